The molecule has 0 aliphatic carbocycles. The van der Waals surface area contributed by atoms with Gasteiger partial charge in [0, 0.05) is 34.2 Å². The third kappa shape index (κ3) is 8.15. The van der Waals surface area contributed by atoms with Gasteiger partial charge in [0.1, 0.15) is 11.5 Å². The Hall–Kier alpha value is -1.20. The van der Waals surface area contributed by atoms with Crippen LogP contribution in [-0.2, 0) is 0 Å². The van der Waals surface area contributed by atoms with E-state index in [0.29, 0.717) is 0 Å². The highest BCUT2D eigenvalue weighted by molar-refractivity contribution is 9.09. The summed E-state index contributed by atoms with van der Waals surface area (Å²) in [4.78, 5) is 0. The molecule has 0 saturated carbocycles. The number of halogens is 2. The van der Waals surface area contributed by atoms with E-state index < -0.39 is 0 Å². The molecular weight excluding hydrogens is 446 g/mol. The van der Waals surface area contributed by atoms with Gasteiger partial charge in [-0.1, -0.05) is 44.0 Å². The molecule has 0 saturated heterocycles. The zero-order valence-electron chi connectivity index (χ0n) is 14.3. The van der Waals surface area contributed by atoms with Gasteiger partial charge in [-0.3, -0.25) is 0 Å². The molecule has 0 fully saturated rings. The van der Waals surface area contributed by atoms with Crippen molar-refractivity contribution in [1.29, 1.82) is 0 Å². The second-order valence-electron chi connectivity index (χ2n) is 5.67. The monoisotopic (exact) mass is 469 g/mol. The Morgan fingerprint density at radius 3 is 1.60 bits per heavy atom. The van der Waals surface area contributed by atoms with Crippen LogP contribution in [0.2, 0.25) is 0 Å². The van der Waals surface area contributed by atoms with Crippen molar-refractivity contribution in [2.75, 3.05) is 29.2 Å². The Morgan fingerprint density at radius 1 is 0.680 bits per heavy atom. The molecule has 0 unspecified atom stereocenters. The molecule has 3 nitrogen and oxygen atoms in total. The minimum atomic E-state index is 0.743. The Labute approximate surface area is 167 Å². The summed E-state index contributed by atoms with van der Waals surface area (Å²) in [6.07, 6.45) is 4.36. The van der Waals surface area contributed by atoms with E-state index in [4.69, 9.17) is 9.47 Å². The van der Waals surface area contributed by atoms with Crippen LogP contribution >= 0.6 is 31.9 Å². The first-order chi connectivity index (χ1) is 12.3. The minimum Gasteiger partial charge on any atom is -0.494 e. The van der Waals surface area contributed by atoms with Crippen LogP contribution in [0.5, 0.6) is 11.5 Å². The molecule has 0 aliphatic heterocycles. The van der Waals surface area contributed by atoms with Crippen molar-refractivity contribution in [3.8, 4) is 11.5 Å². The molecule has 0 heterocycles. The number of rotatable bonds is 12. The predicted octanol–water partition coefficient (Wildman–Crippen LogP) is 6.54. The maximum absolute atomic E-state index is 5.80. The highest BCUT2D eigenvalue weighted by Gasteiger charge is 2.01. The molecule has 5 heteroatoms. The molecule has 0 aliphatic rings. The summed E-state index contributed by atoms with van der Waals surface area (Å²) in [5, 5.41) is 5.45. The molecule has 0 bridgehead atoms. The van der Waals surface area contributed by atoms with Crippen molar-refractivity contribution in [2.45, 2.75) is 25.7 Å². The lowest BCUT2D eigenvalue weighted by Gasteiger charge is -2.11. The highest BCUT2D eigenvalue weighted by Crippen LogP contribution is 2.24. The Morgan fingerprint density at radius 2 is 1.16 bits per heavy atom. The van der Waals surface area contributed by atoms with Crippen LogP contribution in [0.1, 0.15) is 25.7 Å². The van der Waals surface area contributed by atoms with E-state index in [9.17, 15) is 0 Å². The first-order valence-corrected chi connectivity index (χ1v) is 10.9. The first kappa shape index (κ1) is 20.1. The molecule has 136 valence electrons. The second-order valence-corrected chi connectivity index (χ2v) is 7.26. The number of anilines is 2. The molecular formula is C20H25Br2NO2. The Kier molecular flexibility index (Phi) is 9.82. The average molecular weight is 471 g/mol. The van der Waals surface area contributed by atoms with Gasteiger partial charge < -0.3 is 14.8 Å². The van der Waals surface area contributed by atoms with E-state index in [1.54, 1.807) is 0 Å². The van der Waals surface area contributed by atoms with Gasteiger partial charge in [0.2, 0.25) is 0 Å². The van der Waals surface area contributed by atoms with Gasteiger partial charge in [-0.15, -0.1) is 0 Å². The van der Waals surface area contributed by atoms with Gasteiger partial charge in [-0.05, 0) is 49.9 Å². The number of benzene rings is 2. The fraction of sp³-hybridized carbons (Fsp3) is 0.400. The van der Waals surface area contributed by atoms with Crippen molar-refractivity contribution in [1.82, 2.24) is 0 Å². The minimum absolute atomic E-state index is 0.743. The maximum atomic E-state index is 5.80. The number of alkyl halides is 2. The normalized spacial score (nSPS) is 10.5. The predicted molar refractivity (Wildman–Crippen MR) is 113 cm³/mol. The van der Waals surface area contributed by atoms with Gasteiger partial charge in [0.15, 0.2) is 0 Å². The lowest BCUT2D eigenvalue weighted by atomic mass is 10.2. The first-order valence-electron chi connectivity index (χ1n) is 8.66. The maximum Gasteiger partial charge on any atom is 0.121 e. The molecule has 0 aromatic heterocycles. The fourth-order valence-electron chi connectivity index (χ4n) is 2.27. The van der Waals surface area contributed by atoms with E-state index in [1.807, 2.05) is 48.5 Å². The standard InChI is InChI=1S/C20H25Br2NO2/c21-11-1-3-13-24-19-9-5-7-17(15-19)23-18-8-6-10-20(16-18)25-14-4-2-12-22/h5-10,15-16,23H,1-4,11-14H2. The van der Waals surface area contributed by atoms with Crippen LogP contribution in [0.25, 0.3) is 0 Å². The SMILES string of the molecule is BrCCCCOc1cccc(Nc2cccc(OCCCCBr)c2)c1. The molecule has 2 aromatic rings. The van der Waals surface area contributed by atoms with Gasteiger partial charge in [0.05, 0.1) is 13.2 Å². The lowest BCUT2D eigenvalue weighted by molar-refractivity contribution is 0.310. The van der Waals surface area contributed by atoms with E-state index in [0.717, 1.165) is 72.4 Å². The zero-order chi connectivity index (χ0) is 17.7. The largest absolute Gasteiger partial charge is 0.494 e. The van der Waals surface area contributed by atoms with Gasteiger partial charge in [0.25, 0.3) is 0 Å². The number of unbranched alkanes of at least 4 members (excludes halogenated alkanes) is 2. The number of ether oxygens (including phenoxy) is 2. The molecule has 0 radical (unpaired) electrons. The van der Waals surface area contributed by atoms with Gasteiger partial charge in [-0.25, -0.2) is 0 Å². The molecule has 0 atom stereocenters. The van der Waals surface area contributed by atoms with Crippen LogP contribution in [-0.4, -0.2) is 23.9 Å². The third-order valence-corrected chi connectivity index (χ3v) is 4.67. The van der Waals surface area contributed by atoms with E-state index >= 15 is 0 Å². The average Bonchev–Trinajstić information content (AvgIpc) is 2.63. The van der Waals surface area contributed by atoms with Crippen molar-refractivity contribution in [3.63, 3.8) is 0 Å². The Balaban J connectivity index is 1.88. The summed E-state index contributed by atoms with van der Waals surface area (Å²) in [5.41, 5.74) is 2.02. The molecule has 2 rings (SSSR count). The van der Waals surface area contributed by atoms with Gasteiger partial charge >= 0.3 is 0 Å². The summed E-state index contributed by atoms with van der Waals surface area (Å²) in [6.45, 7) is 1.49. The van der Waals surface area contributed by atoms with Crippen molar-refractivity contribution in [2.24, 2.45) is 0 Å². The molecule has 25 heavy (non-hydrogen) atoms. The summed E-state index contributed by atoms with van der Waals surface area (Å²) < 4.78 is 11.6. The van der Waals surface area contributed by atoms with Crippen molar-refractivity contribution >= 4 is 43.2 Å². The summed E-state index contributed by atoms with van der Waals surface area (Å²) in [6, 6.07) is 16.1. The van der Waals surface area contributed by atoms with Crippen molar-refractivity contribution in [3.05, 3.63) is 48.5 Å². The van der Waals surface area contributed by atoms with Crippen LogP contribution in [0.15, 0.2) is 48.5 Å². The van der Waals surface area contributed by atoms with E-state index in [1.165, 1.54) is 0 Å². The molecule has 1 N–H and O–H groups in total. The second kappa shape index (κ2) is 12.2. The topological polar surface area (TPSA) is 30.5 Å². The quantitative estimate of drug-likeness (QED) is 0.282. The van der Waals surface area contributed by atoms with Crippen LogP contribution in [0.3, 0.4) is 0 Å². The van der Waals surface area contributed by atoms with Crippen LogP contribution in [0, 0.1) is 0 Å². The lowest BCUT2D eigenvalue weighted by Crippen LogP contribution is -1.99. The number of hydrogen-bond acceptors (Lipinski definition) is 3. The number of hydrogen-bond donors (Lipinski definition) is 1. The molecule has 2 aromatic carbocycles. The summed E-state index contributed by atoms with van der Waals surface area (Å²) in [5.74, 6) is 1.78. The zero-order valence-corrected chi connectivity index (χ0v) is 17.5. The summed E-state index contributed by atoms with van der Waals surface area (Å²) >= 11 is 6.87. The highest BCUT2D eigenvalue weighted by atomic mass is 79.9. The van der Waals surface area contributed by atoms with Crippen molar-refractivity contribution < 1.29 is 9.47 Å². The summed E-state index contributed by atoms with van der Waals surface area (Å²) in [7, 11) is 0. The van der Waals surface area contributed by atoms with E-state index in [-0.39, 0.29) is 0 Å². The van der Waals surface area contributed by atoms with Gasteiger partial charge in [-0.2, -0.15) is 0 Å². The van der Waals surface area contributed by atoms with Crippen LogP contribution < -0.4 is 14.8 Å². The smallest absolute Gasteiger partial charge is 0.121 e. The third-order valence-electron chi connectivity index (χ3n) is 3.55. The number of nitrogens with one attached hydrogen (secondary N) is 1. The molecule has 0 amide bonds. The fourth-order valence-corrected chi connectivity index (χ4v) is 3.06. The van der Waals surface area contributed by atoms with Crippen LogP contribution in [0.4, 0.5) is 11.4 Å². The Bertz CT molecular complexity index is 569. The molecule has 0 spiro atoms. The van der Waals surface area contributed by atoms with E-state index in [2.05, 4.69) is 37.2 Å².